The van der Waals surface area contributed by atoms with Crippen molar-refractivity contribution in [3.63, 3.8) is 0 Å². The summed E-state index contributed by atoms with van der Waals surface area (Å²) in [6.07, 6.45) is 1.09. The van der Waals surface area contributed by atoms with Crippen LogP contribution in [0.15, 0.2) is 59.5 Å². The van der Waals surface area contributed by atoms with Gasteiger partial charge in [0.1, 0.15) is 23.7 Å². The molecule has 28 heavy (non-hydrogen) atoms. The first-order valence-electron chi connectivity index (χ1n) is 8.38. The predicted octanol–water partition coefficient (Wildman–Crippen LogP) is 2.10. The number of anilines is 1. The first-order chi connectivity index (χ1) is 13.4. The average Bonchev–Trinajstić information content (AvgIpc) is 2.66. The molecule has 3 N–H and O–H groups in total. The summed E-state index contributed by atoms with van der Waals surface area (Å²) in [7, 11) is 0. The number of primary amides is 1. The van der Waals surface area contributed by atoms with E-state index in [1.807, 2.05) is 0 Å². The molecule has 0 spiro atoms. The number of nitrogens with two attached hydrogens (primary N) is 1. The highest BCUT2D eigenvalue weighted by molar-refractivity contribution is 5.93. The summed E-state index contributed by atoms with van der Waals surface area (Å²) >= 11 is 0. The summed E-state index contributed by atoms with van der Waals surface area (Å²) in [5.74, 6) is -1.77. The van der Waals surface area contributed by atoms with E-state index < -0.39 is 29.7 Å². The molecular formula is C20H17FN4O3. The van der Waals surface area contributed by atoms with Crippen molar-refractivity contribution < 1.29 is 14.0 Å². The van der Waals surface area contributed by atoms with E-state index in [1.54, 1.807) is 43.3 Å². The highest BCUT2D eigenvalue weighted by atomic mass is 19.1. The van der Waals surface area contributed by atoms with Gasteiger partial charge in [-0.3, -0.25) is 19.0 Å². The van der Waals surface area contributed by atoms with Crippen LogP contribution in [-0.2, 0) is 11.3 Å². The monoisotopic (exact) mass is 380 g/mol. The van der Waals surface area contributed by atoms with Crippen LogP contribution in [0, 0.1) is 12.7 Å². The van der Waals surface area contributed by atoms with Gasteiger partial charge in [0, 0.05) is 17.4 Å². The van der Waals surface area contributed by atoms with Gasteiger partial charge in [-0.1, -0.05) is 36.4 Å². The smallest absolute Gasteiger partial charge is 0.267 e. The first-order valence-corrected chi connectivity index (χ1v) is 8.38. The van der Waals surface area contributed by atoms with Gasteiger partial charge < -0.3 is 11.1 Å². The molecule has 2 aromatic carbocycles. The number of amides is 2. The van der Waals surface area contributed by atoms with Gasteiger partial charge in [-0.25, -0.2) is 9.37 Å². The topological polar surface area (TPSA) is 107 Å². The molecule has 142 valence electrons. The lowest BCUT2D eigenvalue weighted by Gasteiger charge is -2.13. The maximum atomic E-state index is 13.7. The third-order valence-electron chi connectivity index (χ3n) is 4.10. The molecule has 0 aliphatic rings. The molecular weight excluding hydrogens is 363 g/mol. The number of aryl methyl sites for hydroxylation is 1. The number of hydrogen-bond acceptors (Lipinski definition) is 4. The van der Waals surface area contributed by atoms with Gasteiger partial charge in [0.15, 0.2) is 0 Å². The van der Waals surface area contributed by atoms with Crippen LogP contribution in [-0.4, -0.2) is 21.4 Å². The Morgan fingerprint density at radius 1 is 1.18 bits per heavy atom. The van der Waals surface area contributed by atoms with Crippen LogP contribution in [0.1, 0.15) is 15.9 Å². The maximum absolute atomic E-state index is 13.7. The second-order valence-corrected chi connectivity index (χ2v) is 6.13. The Labute approximate surface area is 159 Å². The fraction of sp³-hybridized carbons (Fsp3) is 0.100. The van der Waals surface area contributed by atoms with Crippen molar-refractivity contribution in [1.29, 1.82) is 0 Å². The van der Waals surface area contributed by atoms with Gasteiger partial charge in [-0.15, -0.1) is 0 Å². The molecule has 0 bridgehead atoms. The minimum absolute atomic E-state index is 0.209. The van der Waals surface area contributed by atoms with Crippen molar-refractivity contribution in [3.8, 4) is 11.4 Å². The number of carbonyl (C=O) groups is 2. The van der Waals surface area contributed by atoms with E-state index in [-0.39, 0.29) is 17.1 Å². The molecule has 0 fully saturated rings. The number of benzene rings is 2. The molecule has 0 saturated heterocycles. The Morgan fingerprint density at radius 3 is 2.54 bits per heavy atom. The van der Waals surface area contributed by atoms with Gasteiger partial charge in [0.25, 0.3) is 11.5 Å². The van der Waals surface area contributed by atoms with E-state index in [0.717, 1.165) is 10.8 Å². The number of hydrogen-bond donors (Lipinski definition) is 2. The zero-order valence-corrected chi connectivity index (χ0v) is 15.0. The van der Waals surface area contributed by atoms with Gasteiger partial charge in [0.2, 0.25) is 5.91 Å². The molecule has 3 aromatic rings. The van der Waals surface area contributed by atoms with Gasteiger partial charge in [-0.2, -0.15) is 0 Å². The molecule has 1 heterocycles. The molecule has 0 aliphatic heterocycles. The Hall–Kier alpha value is -3.81. The second-order valence-electron chi connectivity index (χ2n) is 6.13. The van der Waals surface area contributed by atoms with Crippen molar-refractivity contribution >= 4 is 17.5 Å². The molecule has 8 heteroatoms. The summed E-state index contributed by atoms with van der Waals surface area (Å²) in [4.78, 5) is 40.8. The Kier molecular flexibility index (Phi) is 5.30. The van der Waals surface area contributed by atoms with Gasteiger partial charge in [-0.05, 0) is 24.6 Å². The average molecular weight is 380 g/mol. The van der Waals surface area contributed by atoms with E-state index in [1.165, 1.54) is 12.1 Å². The third-order valence-corrected chi connectivity index (χ3v) is 4.10. The van der Waals surface area contributed by atoms with Crippen LogP contribution in [0.3, 0.4) is 0 Å². The van der Waals surface area contributed by atoms with Crippen LogP contribution >= 0.6 is 0 Å². The van der Waals surface area contributed by atoms with E-state index >= 15 is 0 Å². The molecule has 0 aliphatic carbocycles. The zero-order valence-electron chi connectivity index (χ0n) is 15.0. The zero-order chi connectivity index (χ0) is 20.3. The number of rotatable bonds is 5. The fourth-order valence-corrected chi connectivity index (χ4v) is 2.64. The van der Waals surface area contributed by atoms with E-state index in [2.05, 4.69) is 10.3 Å². The molecule has 0 radical (unpaired) electrons. The molecule has 7 nitrogen and oxygen atoms in total. The second kappa shape index (κ2) is 7.83. The van der Waals surface area contributed by atoms with Crippen molar-refractivity contribution in [2.75, 3.05) is 5.32 Å². The summed E-state index contributed by atoms with van der Waals surface area (Å²) < 4.78 is 14.7. The largest absolute Gasteiger partial charge is 0.365 e. The lowest BCUT2D eigenvalue weighted by Crippen LogP contribution is -2.34. The SMILES string of the molecule is Cc1ccc(NC(=O)Cn2c(-c3ccccc3)ncc(C(N)=O)c2=O)cc1F. The maximum Gasteiger partial charge on any atom is 0.267 e. The van der Waals surface area contributed by atoms with Crippen molar-refractivity contribution in [1.82, 2.24) is 9.55 Å². The van der Waals surface area contributed by atoms with Gasteiger partial charge in [0.05, 0.1) is 0 Å². The van der Waals surface area contributed by atoms with Crippen molar-refractivity contribution in [3.05, 3.63) is 82.0 Å². The van der Waals surface area contributed by atoms with Gasteiger partial charge >= 0.3 is 0 Å². The Balaban J connectivity index is 1.98. The first kappa shape index (κ1) is 19.0. The molecule has 0 unspecified atom stereocenters. The lowest BCUT2D eigenvalue weighted by atomic mass is 10.2. The summed E-state index contributed by atoms with van der Waals surface area (Å²) in [5, 5.41) is 2.53. The molecule has 0 atom stereocenters. The Bertz CT molecular complexity index is 1110. The van der Waals surface area contributed by atoms with Crippen molar-refractivity contribution in [2.45, 2.75) is 13.5 Å². The molecule has 1 aromatic heterocycles. The van der Waals surface area contributed by atoms with Crippen LogP contribution in [0.25, 0.3) is 11.4 Å². The van der Waals surface area contributed by atoms with Crippen LogP contribution < -0.4 is 16.6 Å². The highest BCUT2D eigenvalue weighted by Gasteiger charge is 2.17. The third kappa shape index (κ3) is 3.96. The molecule has 0 saturated carbocycles. The summed E-state index contributed by atoms with van der Waals surface area (Å²) in [5.41, 5.74) is 5.45. The number of aromatic nitrogens is 2. The Morgan fingerprint density at radius 2 is 1.89 bits per heavy atom. The minimum atomic E-state index is -0.938. The minimum Gasteiger partial charge on any atom is -0.365 e. The standard InChI is InChI=1S/C20H17FN4O3/c1-12-7-8-14(9-16(12)21)24-17(26)11-25-19(13-5-3-2-4-6-13)23-10-15(18(22)27)20(25)28/h2-10H,11H2,1H3,(H2,22,27)(H,24,26). The van der Waals surface area contributed by atoms with E-state index in [4.69, 9.17) is 5.73 Å². The number of carbonyl (C=O) groups excluding carboxylic acids is 2. The van der Waals surface area contributed by atoms with Crippen LogP contribution in [0.4, 0.5) is 10.1 Å². The van der Waals surface area contributed by atoms with E-state index in [9.17, 15) is 18.8 Å². The quantitative estimate of drug-likeness (QED) is 0.707. The van der Waals surface area contributed by atoms with Crippen molar-refractivity contribution in [2.24, 2.45) is 5.73 Å². The fourth-order valence-electron chi connectivity index (χ4n) is 2.64. The highest BCUT2D eigenvalue weighted by Crippen LogP contribution is 2.16. The normalized spacial score (nSPS) is 10.5. The van der Waals surface area contributed by atoms with Crippen LogP contribution in [0.2, 0.25) is 0 Å². The lowest BCUT2D eigenvalue weighted by molar-refractivity contribution is -0.116. The van der Waals surface area contributed by atoms with E-state index in [0.29, 0.717) is 11.1 Å². The summed E-state index contributed by atoms with van der Waals surface area (Å²) in [6.45, 7) is 1.18. The molecule has 2 amide bonds. The predicted molar refractivity (Wildman–Crippen MR) is 102 cm³/mol. The van der Waals surface area contributed by atoms with Crippen LogP contribution in [0.5, 0.6) is 0 Å². The summed E-state index contributed by atoms with van der Waals surface area (Å²) in [6, 6.07) is 13.0. The number of nitrogens with one attached hydrogen (secondary N) is 1. The molecule has 3 rings (SSSR count). The number of nitrogens with zero attached hydrogens (tertiary/aromatic N) is 2. The number of halogens is 1.